The molecule has 0 bridgehead atoms. The van der Waals surface area contributed by atoms with E-state index in [-0.39, 0.29) is 0 Å². The number of carbonyl (C=O) groups is 2. The van der Waals surface area contributed by atoms with Crippen LogP contribution in [0.1, 0.15) is 83.6 Å². The fourth-order valence-corrected chi connectivity index (χ4v) is 3.02. The average Bonchev–Trinajstić information content (AvgIpc) is 2.66. The Morgan fingerprint density at radius 2 is 1.35 bits per heavy atom. The summed E-state index contributed by atoms with van der Waals surface area (Å²) in [5, 5.41) is 5.41. The Bertz CT molecular complexity index is 529. The van der Waals surface area contributed by atoms with Gasteiger partial charge in [-0.05, 0) is 24.5 Å². The predicted molar refractivity (Wildman–Crippen MR) is 109 cm³/mol. The Balaban J connectivity index is 2.06. The van der Waals surface area contributed by atoms with Crippen molar-refractivity contribution in [3.8, 4) is 0 Å². The summed E-state index contributed by atoms with van der Waals surface area (Å²) in [7, 11) is 0. The van der Waals surface area contributed by atoms with Gasteiger partial charge in [-0.15, -0.1) is 0 Å². The average molecular weight is 361 g/mol. The molecule has 26 heavy (non-hydrogen) atoms. The molecule has 0 unspecified atom stereocenters. The lowest BCUT2D eigenvalue weighted by Gasteiger charge is -2.09. The van der Waals surface area contributed by atoms with Gasteiger partial charge in [0.2, 0.25) is 0 Å². The third-order valence-electron chi connectivity index (χ3n) is 4.67. The van der Waals surface area contributed by atoms with Crippen LogP contribution in [-0.2, 0) is 16.0 Å². The third kappa shape index (κ3) is 9.59. The number of hydrogen-bond donors (Lipinski definition) is 2. The molecule has 0 saturated heterocycles. The van der Waals surface area contributed by atoms with Crippen LogP contribution in [0.15, 0.2) is 24.3 Å². The van der Waals surface area contributed by atoms with Crippen LogP contribution in [0, 0.1) is 0 Å². The van der Waals surface area contributed by atoms with Crippen molar-refractivity contribution in [3.63, 3.8) is 0 Å². The number of amides is 2. The van der Waals surface area contributed by atoms with E-state index >= 15 is 0 Å². The molecule has 0 radical (unpaired) electrons. The van der Waals surface area contributed by atoms with Crippen LogP contribution in [0.5, 0.6) is 0 Å². The molecule has 1 rings (SSSR count). The van der Waals surface area contributed by atoms with Gasteiger partial charge in [-0.25, -0.2) is 0 Å². The van der Waals surface area contributed by atoms with E-state index in [0.29, 0.717) is 12.2 Å². The smallest absolute Gasteiger partial charge is 0.313 e. The van der Waals surface area contributed by atoms with Gasteiger partial charge in [-0.1, -0.05) is 89.8 Å². The lowest BCUT2D eigenvalue weighted by atomic mass is 10.1. The fraction of sp³-hybridized carbons (Fsp3) is 0.636. The summed E-state index contributed by atoms with van der Waals surface area (Å²) in [6.45, 7) is 4.83. The topological polar surface area (TPSA) is 58.2 Å². The van der Waals surface area contributed by atoms with E-state index in [2.05, 4.69) is 17.6 Å². The molecule has 0 aliphatic carbocycles. The van der Waals surface area contributed by atoms with E-state index in [1.54, 1.807) is 0 Å². The summed E-state index contributed by atoms with van der Waals surface area (Å²) in [5.74, 6) is -1.13. The van der Waals surface area contributed by atoms with E-state index in [9.17, 15) is 9.59 Å². The van der Waals surface area contributed by atoms with Crippen LogP contribution in [0.3, 0.4) is 0 Å². The third-order valence-corrected chi connectivity index (χ3v) is 4.67. The molecule has 0 aliphatic heterocycles. The maximum Gasteiger partial charge on any atom is 0.313 e. The molecule has 1 aromatic carbocycles. The van der Waals surface area contributed by atoms with Crippen molar-refractivity contribution in [2.24, 2.45) is 0 Å². The van der Waals surface area contributed by atoms with Gasteiger partial charge in [0.15, 0.2) is 0 Å². The molecule has 0 aromatic heterocycles. The highest BCUT2D eigenvalue weighted by Gasteiger charge is 2.14. The minimum absolute atomic E-state index is 0.549. The summed E-state index contributed by atoms with van der Waals surface area (Å²) in [6.07, 6.45) is 13.4. The Morgan fingerprint density at radius 3 is 1.96 bits per heavy atom. The molecule has 4 nitrogen and oxygen atoms in total. The van der Waals surface area contributed by atoms with Crippen LogP contribution in [0.4, 0.5) is 5.69 Å². The van der Waals surface area contributed by atoms with Gasteiger partial charge in [-0.3, -0.25) is 9.59 Å². The minimum atomic E-state index is -0.585. The molecule has 0 spiro atoms. The van der Waals surface area contributed by atoms with Crippen LogP contribution in [0.2, 0.25) is 0 Å². The Hall–Kier alpha value is -1.84. The van der Waals surface area contributed by atoms with Crippen LogP contribution >= 0.6 is 0 Å². The van der Waals surface area contributed by atoms with Gasteiger partial charge < -0.3 is 10.6 Å². The van der Waals surface area contributed by atoms with Crippen molar-refractivity contribution in [1.82, 2.24) is 5.32 Å². The van der Waals surface area contributed by atoms with Crippen molar-refractivity contribution in [1.29, 1.82) is 0 Å². The second-order valence-electron chi connectivity index (χ2n) is 6.90. The Morgan fingerprint density at radius 1 is 0.769 bits per heavy atom. The normalized spacial score (nSPS) is 10.5. The highest BCUT2D eigenvalue weighted by Crippen LogP contribution is 2.15. The van der Waals surface area contributed by atoms with E-state index in [4.69, 9.17) is 0 Å². The van der Waals surface area contributed by atoms with Gasteiger partial charge in [0.25, 0.3) is 0 Å². The molecule has 146 valence electrons. The molecule has 2 amide bonds. The SMILES string of the molecule is CCCCCCCCCCCCNC(=O)C(=O)Nc1ccccc1CC. The second kappa shape index (κ2) is 14.3. The van der Waals surface area contributed by atoms with Crippen molar-refractivity contribution >= 4 is 17.5 Å². The van der Waals surface area contributed by atoms with Crippen molar-refractivity contribution in [2.45, 2.75) is 84.5 Å². The number of unbranched alkanes of at least 4 members (excludes halogenated alkanes) is 9. The van der Waals surface area contributed by atoms with Crippen LogP contribution in [-0.4, -0.2) is 18.4 Å². The minimum Gasteiger partial charge on any atom is -0.348 e. The molecule has 2 N–H and O–H groups in total. The van der Waals surface area contributed by atoms with Gasteiger partial charge in [0.05, 0.1) is 0 Å². The number of anilines is 1. The first kappa shape index (κ1) is 22.2. The Labute approximate surface area is 159 Å². The van der Waals surface area contributed by atoms with E-state index < -0.39 is 11.8 Å². The molecule has 0 heterocycles. The van der Waals surface area contributed by atoms with Gasteiger partial charge in [0, 0.05) is 12.2 Å². The monoisotopic (exact) mass is 360 g/mol. The first-order valence-electron chi connectivity index (χ1n) is 10.4. The number of hydrogen-bond acceptors (Lipinski definition) is 2. The summed E-state index contributed by atoms with van der Waals surface area (Å²) in [5.41, 5.74) is 1.75. The lowest BCUT2D eigenvalue weighted by molar-refractivity contribution is -0.136. The van der Waals surface area contributed by atoms with Crippen LogP contribution < -0.4 is 10.6 Å². The molecule has 0 saturated carbocycles. The molecular formula is C22H36N2O2. The summed E-state index contributed by atoms with van der Waals surface area (Å²) < 4.78 is 0. The molecule has 1 aromatic rings. The van der Waals surface area contributed by atoms with Gasteiger partial charge in [-0.2, -0.15) is 0 Å². The summed E-state index contributed by atoms with van der Waals surface area (Å²) in [4.78, 5) is 23.9. The zero-order valence-corrected chi connectivity index (χ0v) is 16.6. The number of rotatable bonds is 13. The highest BCUT2D eigenvalue weighted by atomic mass is 16.2. The van der Waals surface area contributed by atoms with E-state index in [0.717, 1.165) is 24.8 Å². The first-order chi connectivity index (χ1) is 12.7. The summed E-state index contributed by atoms with van der Waals surface area (Å²) >= 11 is 0. The number of aryl methyl sites for hydroxylation is 1. The highest BCUT2D eigenvalue weighted by molar-refractivity contribution is 6.39. The number of carbonyl (C=O) groups excluding carboxylic acids is 2. The number of nitrogens with one attached hydrogen (secondary N) is 2. The zero-order valence-electron chi connectivity index (χ0n) is 16.6. The predicted octanol–water partition coefficient (Wildman–Crippen LogP) is 5.22. The Kier molecular flexibility index (Phi) is 12.2. The molecule has 0 fully saturated rings. The zero-order chi connectivity index (χ0) is 19.0. The van der Waals surface area contributed by atoms with Crippen molar-refractivity contribution in [2.75, 3.05) is 11.9 Å². The summed E-state index contributed by atoms with van der Waals surface area (Å²) in [6, 6.07) is 7.57. The van der Waals surface area contributed by atoms with Crippen molar-refractivity contribution < 1.29 is 9.59 Å². The van der Waals surface area contributed by atoms with E-state index in [1.807, 2.05) is 31.2 Å². The van der Waals surface area contributed by atoms with Crippen molar-refractivity contribution in [3.05, 3.63) is 29.8 Å². The maximum absolute atomic E-state index is 12.0. The van der Waals surface area contributed by atoms with Crippen LogP contribution in [0.25, 0.3) is 0 Å². The molecule has 4 heteroatoms. The van der Waals surface area contributed by atoms with Gasteiger partial charge in [0.1, 0.15) is 0 Å². The lowest BCUT2D eigenvalue weighted by Crippen LogP contribution is -2.36. The quantitative estimate of drug-likeness (QED) is 0.374. The van der Waals surface area contributed by atoms with Gasteiger partial charge >= 0.3 is 11.8 Å². The molecular weight excluding hydrogens is 324 g/mol. The number of benzene rings is 1. The standard InChI is InChI=1S/C22H36N2O2/c1-3-5-6-7-8-9-10-11-12-15-18-23-21(25)22(26)24-20-17-14-13-16-19(20)4-2/h13-14,16-17H,3-12,15,18H2,1-2H3,(H,23,25)(H,24,26). The largest absolute Gasteiger partial charge is 0.348 e. The second-order valence-corrected chi connectivity index (χ2v) is 6.90. The number of para-hydroxylation sites is 1. The fourth-order valence-electron chi connectivity index (χ4n) is 3.02. The first-order valence-corrected chi connectivity index (χ1v) is 10.4. The molecule has 0 aliphatic rings. The maximum atomic E-state index is 12.0. The van der Waals surface area contributed by atoms with E-state index in [1.165, 1.54) is 51.4 Å². The molecule has 0 atom stereocenters.